The fraction of sp³-hybridized carbons (Fsp3) is 0.0909. The Labute approximate surface area is 100 Å². The highest BCUT2D eigenvalue weighted by molar-refractivity contribution is 7.14. The summed E-state index contributed by atoms with van der Waals surface area (Å²) in [6, 6.07) is 9.29. The molecule has 0 spiro atoms. The van der Waals surface area contributed by atoms with Gasteiger partial charge >= 0.3 is 6.43 Å². The van der Waals surface area contributed by atoms with Gasteiger partial charge in [-0.15, -0.1) is 11.3 Å². The summed E-state index contributed by atoms with van der Waals surface area (Å²) in [6.07, 6.45) is -3.03. The largest absolute Gasteiger partial charge is 0.315 e. The maximum Gasteiger partial charge on any atom is 0.315 e. The van der Waals surface area contributed by atoms with E-state index in [1.807, 2.05) is 35.6 Å². The van der Waals surface area contributed by atoms with Crippen molar-refractivity contribution in [3.8, 4) is 11.3 Å². The summed E-state index contributed by atoms with van der Waals surface area (Å²) in [5.41, 5.74) is 1.53. The SMILES string of the molecule is O=C(Nc1nc(-c2ccccc2)cs1)C(F)F. The number of hydrogen-bond acceptors (Lipinski definition) is 3. The van der Waals surface area contributed by atoms with Crippen molar-refractivity contribution in [1.29, 1.82) is 0 Å². The molecule has 0 fully saturated rings. The molecule has 1 N–H and O–H groups in total. The normalized spacial score (nSPS) is 10.5. The van der Waals surface area contributed by atoms with E-state index < -0.39 is 12.3 Å². The quantitative estimate of drug-likeness (QED) is 0.914. The smallest absolute Gasteiger partial charge is 0.297 e. The third kappa shape index (κ3) is 2.85. The summed E-state index contributed by atoms with van der Waals surface area (Å²) in [5.74, 6) is -1.33. The molecule has 2 aromatic rings. The Morgan fingerprint density at radius 1 is 1.29 bits per heavy atom. The molecule has 0 aliphatic carbocycles. The van der Waals surface area contributed by atoms with Gasteiger partial charge in [0.15, 0.2) is 5.13 Å². The highest BCUT2D eigenvalue weighted by Crippen LogP contribution is 2.24. The average molecular weight is 254 g/mol. The van der Waals surface area contributed by atoms with Crippen LogP contribution in [0.25, 0.3) is 11.3 Å². The lowest BCUT2D eigenvalue weighted by Gasteiger charge is -1.98. The summed E-state index contributed by atoms with van der Waals surface area (Å²) in [7, 11) is 0. The van der Waals surface area contributed by atoms with Crippen molar-refractivity contribution in [2.24, 2.45) is 0 Å². The number of carbonyl (C=O) groups is 1. The monoisotopic (exact) mass is 254 g/mol. The predicted octanol–water partition coefficient (Wildman–Crippen LogP) is 3.01. The minimum Gasteiger partial charge on any atom is -0.297 e. The summed E-state index contributed by atoms with van der Waals surface area (Å²) in [6.45, 7) is 0. The minimum atomic E-state index is -3.03. The molecular formula is C11H8F2N2OS. The molecule has 6 heteroatoms. The van der Waals surface area contributed by atoms with Crippen LogP contribution in [0.5, 0.6) is 0 Å². The van der Waals surface area contributed by atoms with Gasteiger partial charge in [-0.25, -0.2) is 4.98 Å². The van der Waals surface area contributed by atoms with Gasteiger partial charge in [0, 0.05) is 10.9 Å². The number of aromatic nitrogens is 1. The average Bonchev–Trinajstić information content (AvgIpc) is 2.78. The molecule has 1 amide bonds. The molecule has 0 bridgehead atoms. The summed E-state index contributed by atoms with van der Waals surface area (Å²) in [5, 5.41) is 3.93. The number of thiazole rings is 1. The van der Waals surface area contributed by atoms with E-state index >= 15 is 0 Å². The van der Waals surface area contributed by atoms with Gasteiger partial charge in [-0.05, 0) is 0 Å². The van der Waals surface area contributed by atoms with Crippen LogP contribution in [0.4, 0.5) is 13.9 Å². The van der Waals surface area contributed by atoms with Gasteiger partial charge in [-0.3, -0.25) is 10.1 Å². The first kappa shape index (κ1) is 11.7. The minimum absolute atomic E-state index is 0.175. The van der Waals surface area contributed by atoms with Crippen molar-refractivity contribution in [2.45, 2.75) is 6.43 Å². The molecule has 0 unspecified atom stereocenters. The van der Waals surface area contributed by atoms with Crippen molar-refractivity contribution in [2.75, 3.05) is 5.32 Å². The number of anilines is 1. The molecule has 88 valence electrons. The van der Waals surface area contributed by atoms with Crippen molar-refractivity contribution >= 4 is 22.4 Å². The Morgan fingerprint density at radius 3 is 2.65 bits per heavy atom. The number of hydrogen-bond donors (Lipinski definition) is 1. The van der Waals surface area contributed by atoms with E-state index in [2.05, 4.69) is 4.98 Å². The molecule has 1 aromatic heterocycles. The van der Waals surface area contributed by atoms with Gasteiger partial charge in [0.1, 0.15) is 0 Å². The first-order valence-electron chi connectivity index (χ1n) is 4.77. The van der Waals surface area contributed by atoms with Crippen LogP contribution in [-0.2, 0) is 4.79 Å². The lowest BCUT2D eigenvalue weighted by atomic mass is 10.2. The van der Waals surface area contributed by atoms with Crippen molar-refractivity contribution in [3.63, 3.8) is 0 Å². The van der Waals surface area contributed by atoms with Crippen LogP contribution in [0.15, 0.2) is 35.7 Å². The lowest BCUT2D eigenvalue weighted by molar-refractivity contribution is -0.126. The van der Waals surface area contributed by atoms with Gasteiger partial charge in [0.25, 0.3) is 5.91 Å². The number of alkyl halides is 2. The molecule has 17 heavy (non-hydrogen) atoms. The first-order chi connectivity index (χ1) is 8.16. The van der Waals surface area contributed by atoms with Crippen molar-refractivity contribution in [3.05, 3.63) is 35.7 Å². The predicted molar refractivity (Wildman–Crippen MR) is 62.2 cm³/mol. The fourth-order valence-electron chi connectivity index (χ4n) is 1.23. The van der Waals surface area contributed by atoms with Crippen molar-refractivity contribution < 1.29 is 13.6 Å². The molecule has 1 heterocycles. The number of halogens is 2. The number of nitrogens with one attached hydrogen (secondary N) is 1. The van der Waals surface area contributed by atoms with E-state index in [0.29, 0.717) is 5.69 Å². The number of benzene rings is 1. The maximum absolute atomic E-state index is 12.0. The third-order valence-electron chi connectivity index (χ3n) is 2.00. The lowest BCUT2D eigenvalue weighted by Crippen LogP contribution is -2.19. The summed E-state index contributed by atoms with van der Waals surface area (Å²) in [4.78, 5) is 14.8. The van der Waals surface area contributed by atoms with E-state index in [4.69, 9.17) is 0 Å². The molecule has 0 atom stereocenters. The zero-order chi connectivity index (χ0) is 12.3. The second-order valence-corrected chi connectivity index (χ2v) is 4.05. The molecule has 0 saturated heterocycles. The van der Waals surface area contributed by atoms with Gasteiger partial charge in [-0.1, -0.05) is 30.3 Å². The number of nitrogens with zero attached hydrogens (tertiary/aromatic N) is 1. The first-order valence-corrected chi connectivity index (χ1v) is 5.65. The van der Waals surface area contributed by atoms with E-state index in [9.17, 15) is 13.6 Å². The summed E-state index contributed by atoms with van der Waals surface area (Å²) >= 11 is 1.11. The van der Waals surface area contributed by atoms with Crippen molar-refractivity contribution in [1.82, 2.24) is 4.98 Å². The molecule has 2 rings (SSSR count). The Balaban J connectivity index is 2.14. The molecular weight excluding hydrogens is 246 g/mol. The Hall–Kier alpha value is -1.82. The highest BCUT2D eigenvalue weighted by atomic mass is 32.1. The molecule has 3 nitrogen and oxygen atoms in total. The molecule has 0 radical (unpaired) electrons. The van der Waals surface area contributed by atoms with Gasteiger partial charge in [0.2, 0.25) is 0 Å². The highest BCUT2D eigenvalue weighted by Gasteiger charge is 2.16. The van der Waals surface area contributed by atoms with Gasteiger partial charge in [0.05, 0.1) is 5.69 Å². The topological polar surface area (TPSA) is 42.0 Å². The van der Waals surface area contributed by atoms with Crippen LogP contribution < -0.4 is 5.32 Å². The molecule has 0 saturated carbocycles. The molecule has 0 aliphatic rings. The maximum atomic E-state index is 12.0. The zero-order valence-corrected chi connectivity index (χ0v) is 9.38. The van der Waals surface area contributed by atoms with Crippen LogP contribution >= 0.6 is 11.3 Å². The van der Waals surface area contributed by atoms with Crippen LogP contribution in [0, 0.1) is 0 Å². The fourth-order valence-corrected chi connectivity index (χ4v) is 1.96. The van der Waals surface area contributed by atoms with E-state index in [1.165, 1.54) is 0 Å². The van der Waals surface area contributed by atoms with E-state index in [-0.39, 0.29) is 5.13 Å². The Morgan fingerprint density at radius 2 is 2.00 bits per heavy atom. The molecule has 1 aromatic carbocycles. The Bertz CT molecular complexity index is 513. The van der Waals surface area contributed by atoms with Gasteiger partial charge < -0.3 is 0 Å². The Kier molecular flexibility index (Phi) is 3.43. The van der Waals surface area contributed by atoms with Gasteiger partial charge in [-0.2, -0.15) is 8.78 Å². The van der Waals surface area contributed by atoms with Crippen LogP contribution in [0.3, 0.4) is 0 Å². The van der Waals surface area contributed by atoms with Crippen LogP contribution in [0.1, 0.15) is 0 Å². The van der Waals surface area contributed by atoms with Crippen LogP contribution in [-0.4, -0.2) is 17.3 Å². The standard InChI is InChI=1S/C11H8F2N2OS/c12-9(13)10(16)15-11-14-8(6-17-11)7-4-2-1-3-5-7/h1-6,9H,(H,14,15,16). The number of amides is 1. The zero-order valence-electron chi connectivity index (χ0n) is 8.56. The third-order valence-corrected chi connectivity index (χ3v) is 2.76. The molecule has 0 aliphatic heterocycles. The van der Waals surface area contributed by atoms with E-state index in [1.54, 1.807) is 5.38 Å². The number of rotatable bonds is 3. The summed E-state index contributed by atoms with van der Waals surface area (Å²) < 4.78 is 24.0. The second kappa shape index (κ2) is 5.01. The van der Waals surface area contributed by atoms with Crippen LogP contribution in [0.2, 0.25) is 0 Å². The van der Waals surface area contributed by atoms with E-state index in [0.717, 1.165) is 16.9 Å². The second-order valence-electron chi connectivity index (χ2n) is 3.19. The number of carbonyl (C=O) groups excluding carboxylic acids is 1.